The summed E-state index contributed by atoms with van der Waals surface area (Å²) in [6.07, 6.45) is 4.43. The average Bonchev–Trinajstić information content (AvgIpc) is 2.83. The lowest BCUT2D eigenvalue weighted by Gasteiger charge is -2.37. The molecule has 0 aromatic heterocycles. The number of anilines is 2. The van der Waals surface area contributed by atoms with E-state index in [9.17, 15) is 0 Å². The van der Waals surface area contributed by atoms with Gasteiger partial charge in [0.15, 0.2) is 5.60 Å². The van der Waals surface area contributed by atoms with Gasteiger partial charge in [-0.05, 0) is 53.3 Å². The van der Waals surface area contributed by atoms with Crippen LogP contribution in [0.15, 0.2) is 91.0 Å². The van der Waals surface area contributed by atoms with E-state index in [1.165, 1.54) is 10.8 Å². The van der Waals surface area contributed by atoms with Gasteiger partial charge in [0.2, 0.25) is 0 Å². The molecule has 0 fully saturated rings. The zero-order chi connectivity index (χ0) is 22.3. The van der Waals surface area contributed by atoms with Gasteiger partial charge in [-0.15, -0.1) is 0 Å². The van der Waals surface area contributed by atoms with Crippen LogP contribution in [0, 0.1) is 0 Å². The number of nitrogens with zero attached hydrogens (tertiary/aromatic N) is 2. The van der Waals surface area contributed by atoms with Crippen molar-refractivity contribution in [2.45, 2.75) is 5.60 Å². The van der Waals surface area contributed by atoms with Crippen LogP contribution in [0.4, 0.5) is 11.4 Å². The molecule has 1 aliphatic rings. The van der Waals surface area contributed by atoms with Crippen molar-refractivity contribution in [3.63, 3.8) is 0 Å². The van der Waals surface area contributed by atoms with Crippen molar-refractivity contribution in [1.29, 1.82) is 0 Å². The van der Waals surface area contributed by atoms with E-state index in [1.54, 1.807) is 0 Å². The number of rotatable bonds is 4. The molecular formula is C29H28N2O. The molecule has 0 N–H and O–H groups in total. The lowest BCUT2D eigenvalue weighted by molar-refractivity contribution is 0.161. The van der Waals surface area contributed by atoms with Gasteiger partial charge in [-0.2, -0.15) is 0 Å². The predicted octanol–water partition coefficient (Wildman–Crippen LogP) is 6.32. The van der Waals surface area contributed by atoms with Gasteiger partial charge in [0.05, 0.1) is 0 Å². The Labute approximate surface area is 190 Å². The highest BCUT2D eigenvalue weighted by Crippen LogP contribution is 2.44. The molecule has 160 valence electrons. The summed E-state index contributed by atoms with van der Waals surface area (Å²) in [5.74, 6) is 0.902. The molecule has 1 aliphatic heterocycles. The zero-order valence-electron chi connectivity index (χ0n) is 19.0. The fraction of sp³-hybridized carbons (Fsp3) is 0.172. The third-order valence-electron chi connectivity index (χ3n) is 6.31. The van der Waals surface area contributed by atoms with Crippen LogP contribution in [0.25, 0.3) is 16.8 Å². The summed E-state index contributed by atoms with van der Waals surface area (Å²) in [5.41, 5.74) is 4.99. The molecule has 32 heavy (non-hydrogen) atoms. The SMILES string of the molecule is CN(C)c1ccc(C2(c3ccc(N(C)C)cc3)C=Cc3c(ccc4ccccc34)O2)cc1. The van der Waals surface area contributed by atoms with Crippen molar-refractivity contribution >= 4 is 28.2 Å². The van der Waals surface area contributed by atoms with Crippen LogP contribution in [0.1, 0.15) is 16.7 Å². The number of ether oxygens (including phenoxy) is 1. The van der Waals surface area contributed by atoms with E-state index >= 15 is 0 Å². The normalized spacial score (nSPS) is 14.0. The molecule has 0 amide bonds. The number of hydrogen-bond acceptors (Lipinski definition) is 3. The third-order valence-corrected chi connectivity index (χ3v) is 6.31. The van der Waals surface area contributed by atoms with Crippen LogP contribution in [0.3, 0.4) is 0 Å². The van der Waals surface area contributed by atoms with E-state index in [1.807, 2.05) is 0 Å². The van der Waals surface area contributed by atoms with Gasteiger partial charge in [-0.1, -0.05) is 54.6 Å². The molecule has 0 saturated carbocycles. The predicted molar refractivity (Wildman–Crippen MR) is 136 cm³/mol. The quantitative estimate of drug-likeness (QED) is 0.384. The van der Waals surface area contributed by atoms with Crippen LogP contribution in [-0.2, 0) is 5.60 Å². The first kappa shape index (κ1) is 20.2. The molecule has 0 spiro atoms. The third kappa shape index (κ3) is 3.31. The number of fused-ring (bicyclic) bond motifs is 3. The molecule has 3 heteroatoms. The van der Waals surface area contributed by atoms with Crippen LogP contribution in [-0.4, -0.2) is 28.2 Å². The van der Waals surface area contributed by atoms with Crippen LogP contribution in [0.5, 0.6) is 5.75 Å². The first-order valence-electron chi connectivity index (χ1n) is 10.9. The van der Waals surface area contributed by atoms with Crippen molar-refractivity contribution in [2.75, 3.05) is 38.0 Å². The second-order valence-corrected chi connectivity index (χ2v) is 8.75. The van der Waals surface area contributed by atoms with Crippen LogP contribution < -0.4 is 14.5 Å². The maximum atomic E-state index is 6.89. The van der Waals surface area contributed by atoms with Gasteiger partial charge in [0.1, 0.15) is 5.75 Å². The summed E-state index contributed by atoms with van der Waals surface area (Å²) >= 11 is 0. The summed E-state index contributed by atoms with van der Waals surface area (Å²) < 4.78 is 6.89. The zero-order valence-corrected chi connectivity index (χ0v) is 19.0. The maximum Gasteiger partial charge on any atom is 0.178 e. The Morgan fingerprint density at radius 2 is 1.19 bits per heavy atom. The monoisotopic (exact) mass is 420 g/mol. The van der Waals surface area contributed by atoms with E-state index in [2.05, 4.69) is 135 Å². The summed E-state index contributed by atoms with van der Waals surface area (Å²) in [4.78, 5) is 4.22. The van der Waals surface area contributed by atoms with Crippen LogP contribution in [0.2, 0.25) is 0 Å². The highest BCUT2D eigenvalue weighted by Gasteiger charge is 2.37. The molecule has 3 nitrogen and oxygen atoms in total. The average molecular weight is 421 g/mol. The first-order chi connectivity index (χ1) is 15.5. The first-order valence-corrected chi connectivity index (χ1v) is 10.9. The van der Waals surface area contributed by atoms with Gasteiger partial charge in [0, 0.05) is 56.3 Å². The summed E-state index contributed by atoms with van der Waals surface area (Å²) in [7, 11) is 8.23. The Bertz CT molecular complexity index is 1230. The highest BCUT2D eigenvalue weighted by molar-refractivity contribution is 5.94. The van der Waals surface area contributed by atoms with E-state index in [0.717, 1.165) is 33.8 Å². The minimum Gasteiger partial charge on any atom is -0.473 e. The Hall–Kier alpha value is -3.72. The van der Waals surface area contributed by atoms with Gasteiger partial charge in [0.25, 0.3) is 0 Å². The Morgan fingerprint density at radius 3 is 1.75 bits per heavy atom. The number of benzene rings is 4. The largest absolute Gasteiger partial charge is 0.473 e. The van der Waals surface area contributed by atoms with E-state index < -0.39 is 5.60 Å². The Morgan fingerprint density at radius 1 is 0.625 bits per heavy atom. The second-order valence-electron chi connectivity index (χ2n) is 8.75. The molecule has 5 rings (SSSR count). The summed E-state index contributed by atoms with van der Waals surface area (Å²) in [5, 5.41) is 2.43. The fourth-order valence-electron chi connectivity index (χ4n) is 4.44. The molecule has 0 bridgehead atoms. The smallest absolute Gasteiger partial charge is 0.178 e. The van der Waals surface area contributed by atoms with Crippen molar-refractivity contribution in [1.82, 2.24) is 0 Å². The van der Waals surface area contributed by atoms with Gasteiger partial charge >= 0.3 is 0 Å². The molecule has 0 aliphatic carbocycles. The van der Waals surface area contributed by atoms with E-state index in [-0.39, 0.29) is 0 Å². The van der Waals surface area contributed by atoms with Gasteiger partial charge < -0.3 is 14.5 Å². The van der Waals surface area contributed by atoms with Gasteiger partial charge in [-0.25, -0.2) is 0 Å². The Balaban J connectivity index is 1.68. The minimum atomic E-state index is -0.689. The summed E-state index contributed by atoms with van der Waals surface area (Å²) in [6.45, 7) is 0. The molecule has 0 unspecified atom stereocenters. The maximum absolute atomic E-state index is 6.89. The topological polar surface area (TPSA) is 15.7 Å². The lowest BCUT2D eigenvalue weighted by Crippen LogP contribution is -2.34. The van der Waals surface area contributed by atoms with Crippen molar-refractivity contribution in [3.8, 4) is 5.75 Å². The van der Waals surface area contributed by atoms with Crippen molar-refractivity contribution in [3.05, 3.63) is 108 Å². The molecule has 0 atom stereocenters. The van der Waals surface area contributed by atoms with Crippen molar-refractivity contribution in [2.24, 2.45) is 0 Å². The lowest BCUT2D eigenvalue weighted by atomic mass is 9.83. The standard InChI is InChI=1S/C29H28N2O/c1-30(2)24-14-10-22(11-15-24)29(23-12-16-25(17-13-23)31(3)4)20-19-27-26-8-6-5-7-21(26)9-18-28(27)32-29/h5-20H,1-4H3. The molecule has 0 radical (unpaired) electrons. The van der Waals surface area contributed by atoms with Gasteiger partial charge in [-0.3, -0.25) is 0 Å². The Kier molecular flexibility index (Phi) is 4.90. The molecule has 0 saturated heterocycles. The minimum absolute atomic E-state index is 0.689. The van der Waals surface area contributed by atoms with Crippen molar-refractivity contribution < 1.29 is 4.74 Å². The molecular weight excluding hydrogens is 392 g/mol. The van der Waals surface area contributed by atoms with E-state index in [4.69, 9.17) is 4.74 Å². The fourth-order valence-corrected chi connectivity index (χ4v) is 4.44. The molecule has 4 aromatic carbocycles. The highest BCUT2D eigenvalue weighted by atomic mass is 16.5. The molecule has 4 aromatic rings. The molecule has 1 heterocycles. The second kappa shape index (κ2) is 7.76. The van der Waals surface area contributed by atoms with Crippen LogP contribution >= 0.6 is 0 Å². The number of hydrogen-bond donors (Lipinski definition) is 0. The van der Waals surface area contributed by atoms with E-state index in [0.29, 0.717) is 0 Å². The summed E-state index contributed by atoms with van der Waals surface area (Å²) in [6, 6.07) is 30.0.